The second kappa shape index (κ2) is 8.21. The van der Waals surface area contributed by atoms with Crippen LogP contribution in [0, 0.1) is 0 Å². The zero-order valence-corrected chi connectivity index (χ0v) is 18.0. The lowest BCUT2D eigenvalue weighted by Crippen LogP contribution is -2.29. The Hall–Kier alpha value is -2.30. The van der Waals surface area contributed by atoms with Crippen molar-refractivity contribution in [3.63, 3.8) is 0 Å². The lowest BCUT2D eigenvalue weighted by Gasteiger charge is -2.16. The minimum atomic E-state index is -3.58. The summed E-state index contributed by atoms with van der Waals surface area (Å²) in [4.78, 5) is 12.8. The molecular formula is C19H20BrN5O3S. The van der Waals surface area contributed by atoms with Crippen molar-refractivity contribution in [1.82, 2.24) is 24.2 Å². The van der Waals surface area contributed by atoms with Gasteiger partial charge in [0.15, 0.2) is 5.65 Å². The Balaban J connectivity index is 1.47. The maximum atomic E-state index is 12.8. The molecule has 0 atom stereocenters. The summed E-state index contributed by atoms with van der Waals surface area (Å²) in [5.74, 6) is 0.398. The van der Waals surface area contributed by atoms with Crippen molar-refractivity contribution in [2.45, 2.75) is 24.2 Å². The largest absolute Gasteiger partial charge is 0.352 e. The van der Waals surface area contributed by atoms with Crippen LogP contribution in [0.4, 0.5) is 0 Å². The van der Waals surface area contributed by atoms with Crippen LogP contribution in [0.5, 0.6) is 0 Å². The van der Waals surface area contributed by atoms with E-state index in [9.17, 15) is 13.2 Å². The van der Waals surface area contributed by atoms with Gasteiger partial charge in [-0.15, -0.1) is 10.2 Å². The molecule has 0 saturated carbocycles. The zero-order valence-electron chi connectivity index (χ0n) is 15.6. The average molecular weight is 478 g/mol. The molecule has 0 aliphatic carbocycles. The van der Waals surface area contributed by atoms with Crippen LogP contribution in [0.15, 0.2) is 52.0 Å². The summed E-state index contributed by atoms with van der Waals surface area (Å²) in [6.07, 6.45) is 4.09. The van der Waals surface area contributed by atoms with Gasteiger partial charge in [0.2, 0.25) is 10.0 Å². The van der Waals surface area contributed by atoms with Crippen molar-refractivity contribution < 1.29 is 13.2 Å². The lowest BCUT2D eigenvalue weighted by atomic mass is 10.2. The number of benzene rings is 1. The lowest BCUT2D eigenvalue weighted by molar-refractivity contribution is 0.0953. The number of hydrogen-bond acceptors (Lipinski definition) is 5. The molecule has 0 bridgehead atoms. The van der Waals surface area contributed by atoms with Crippen molar-refractivity contribution in [3.8, 4) is 0 Å². The molecule has 0 radical (unpaired) electrons. The van der Waals surface area contributed by atoms with Crippen molar-refractivity contribution in [3.05, 3.63) is 58.5 Å². The van der Waals surface area contributed by atoms with Gasteiger partial charge < -0.3 is 5.32 Å². The van der Waals surface area contributed by atoms with E-state index in [2.05, 4.69) is 31.4 Å². The number of sulfonamides is 1. The van der Waals surface area contributed by atoms with Crippen LogP contribution in [0.25, 0.3) is 5.65 Å². The highest BCUT2D eigenvalue weighted by Crippen LogP contribution is 2.25. The number of amides is 1. The van der Waals surface area contributed by atoms with Gasteiger partial charge in [-0.3, -0.25) is 9.20 Å². The highest BCUT2D eigenvalue weighted by molar-refractivity contribution is 9.10. The smallest absolute Gasteiger partial charge is 0.252 e. The fourth-order valence-electron chi connectivity index (χ4n) is 3.36. The third kappa shape index (κ3) is 4.05. The number of halogens is 1. The Morgan fingerprint density at radius 1 is 1.14 bits per heavy atom. The van der Waals surface area contributed by atoms with Gasteiger partial charge in [-0.1, -0.05) is 6.07 Å². The van der Waals surface area contributed by atoms with E-state index in [1.165, 1.54) is 16.4 Å². The molecule has 3 aromatic rings. The predicted octanol–water partition coefficient (Wildman–Crippen LogP) is 2.25. The van der Waals surface area contributed by atoms with Crippen LogP contribution >= 0.6 is 15.9 Å². The Morgan fingerprint density at radius 3 is 2.72 bits per heavy atom. The Labute approximate surface area is 177 Å². The molecule has 1 N–H and O–H groups in total. The number of pyridine rings is 1. The van der Waals surface area contributed by atoms with Gasteiger partial charge >= 0.3 is 0 Å². The van der Waals surface area contributed by atoms with E-state index in [0.717, 1.165) is 24.3 Å². The maximum absolute atomic E-state index is 12.8. The van der Waals surface area contributed by atoms with E-state index in [-0.39, 0.29) is 16.4 Å². The summed E-state index contributed by atoms with van der Waals surface area (Å²) < 4.78 is 29.4. The standard InChI is InChI=1S/C19H20BrN5O3S/c20-16-7-6-14(29(27,28)24-10-3-4-11-24)13-15(16)19(26)21-9-8-18-23-22-17-5-1-2-12-25(17)18/h1-2,5-7,12-13H,3-4,8-11H2,(H,21,26). The van der Waals surface area contributed by atoms with Gasteiger partial charge in [-0.05, 0) is 59.1 Å². The summed E-state index contributed by atoms with van der Waals surface area (Å²) in [6.45, 7) is 1.39. The number of hydrogen-bond donors (Lipinski definition) is 1. The van der Waals surface area contributed by atoms with E-state index in [1.54, 1.807) is 6.07 Å². The van der Waals surface area contributed by atoms with E-state index < -0.39 is 10.0 Å². The summed E-state index contributed by atoms with van der Waals surface area (Å²) in [6, 6.07) is 10.2. The molecule has 1 aliphatic heterocycles. The predicted molar refractivity (Wildman–Crippen MR) is 111 cm³/mol. The van der Waals surface area contributed by atoms with E-state index in [0.29, 0.717) is 30.5 Å². The van der Waals surface area contributed by atoms with E-state index in [1.807, 2.05) is 28.8 Å². The molecule has 8 nitrogen and oxygen atoms in total. The van der Waals surface area contributed by atoms with Crippen molar-refractivity contribution in [1.29, 1.82) is 0 Å². The van der Waals surface area contributed by atoms with Crippen LogP contribution in [0.1, 0.15) is 29.0 Å². The van der Waals surface area contributed by atoms with Gasteiger partial charge in [0, 0.05) is 36.7 Å². The van der Waals surface area contributed by atoms with Crippen LogP contribution < -0.4 is 5.32 Å². The number of nitrogens with one attached hydrogen (secondary N) is 1. The minimum Gasteiger partial charge on any atom is -0.352 e. The molecule has 3 heterocycles. The summed E-state index contributed by atoms with van der Waals surface area (Å²) in [5, 5.41) is 11.1. The van der Waals surface area contributed by atoms with E-state index in [4.69, 9.17) is 0 Å². The highest BCUT2D eigenvalue weighted by atomic mass is 79.9. The molecule has 152 valence electrons. The van der Waals surface area contributed by atoms with Gasteiger partial charge in [-0.25, -0.2) is 8.42 Å². The second-order valence-electron chi connectivity index (χ2n) is 6.80. The normalized spacial score (nSPS) is 15.1. The third-order valence-corrected chi connectivity index (χ3v) is 7.49. The Bertz CT molecular complexity index is 1160. The summed E-state index contributed by atoms with van der Waals surface area (Å²) in [7, 11) is -3.58. The molecule has 1 amide bonds. The van der Waals surface area contributed by atoms with Crippen molar-refractivity contribution in [2.75, 3.05) is 19.6 Å². The second-order valence-corrected chi connectivity index (χ2v) is 9.60. The number of carbonyl (C=O) groups excluding carboxylic acids is 1. The van der Waals surface area contributed by atoms with Crippen molar-refractivity contribution in [2.24, 2.45) is 0 Å². The first kappa shape index (κ1) is 20.0. The molecule has 0 spiro atoms. The van der Waals surface area contributed by atoms with Crippen LogP contribution in [-0.2, 0) is 16.4 Å². The summed E-state index contributed by atoms with van der Waals surface area (Å²) >= 11 is 3.35. The first-order chi connectivity index (χ1) is 14.0. The maximum Gasteiger partial charge on any atom is 0.252 e. The molecular weight excluding hydrogens is 458 g/mol. The van der Waals surface area contributed by atoms with Gasteiger partial charge in [0.05, 0.1) is 10.5 Å². The molecule has 10 heteroatoms. The van der Waals surface area contributed by atoms with Gasteiger partial charge in [-0.2, -0.15) is 4.31 Å². The number of rotatable bonds is 6. The monoisotopic (exact) mass is 477 g/mol. The van der Waals surface area contributed by atoms with Crippen LogP contribution in [0.2, 0.25) is 0 Å². The van der Waals surface area contributed by atoms with Crippen LogP contribution in [-0.4, -0.2) is 52.9 Å². The molecule has 29 heavy (non-hydrogen) atoms. The van der Waals surface area contributed by atoms with E-state index >= 15 is 0 Å². The number of nitrogens with zero attached hydrogens (tertiary/aromatic N) is 4. The highest BCUT2D eigenvalue weighted by Gasteiger charge is 2.28. The fourth-order valence-corrected chi connectivity index (χ4v) is 5.33. The molecule has 1 saturated heterocycles. The molecule has 1 aromatic carbocycles. The molecule has 0 unspecified atom stereocenters. The fraction of sp³-hybridized carbons (Fsp3) is 0.316. The number of fused-ring (bicyclic) bond motifs is 1. The minimum absolute atomic E-state index is 0.135. The average Bonchev–Trinajstić information content (AvgIpc) is 3.39. The molecule has 4 rings (SSSR count). The van der Waals surface area contributed by atoms with Gasteiger partial charge in [0.25, 0.3) is 5.91 Å². The third-order valence-electron chi connectivity index (χ3n) is 4.90. The quantitative estimate of drug-likeness (QED) is 0.587. The molecule has 1 aliphatic rings. The Morgan fingerprint density at radius 2 is 1.93 bits per heavy atom. The first-order valence-electron chi connectivity index (χ1n) is 9.33. The van der Waals surface area contributed by atoms with Crippen molar-refractivity contribution >= 4 is 37.5 Å². The number of aromatic nitrogens is 3. The SMILES string of the molecule is O=C(NCCc1nnc2ccccn12)c1cc(S(=O)(=O)N2CCCC2)ccc1Br. The first-order valence-corrected chi connectivity index (χ1v) is 11.6. The topological polar surface area (TPSA) is 96.7 Å². The van der Waals surface area contributed by atoms with Crippen LogP contribution in [0.3, 0.4) is 0 Å². The number of carbonyl (C=O) groups is 1. The zero-order chi connectivity index (χ0) is 20.4. The summed E-state index contributed by atoms with van der Waals surface area (Å²) in [5.41, 5.74) is 1.03. The molecule has 2 aromatic heterocycles. The van der Waals surface area contributed by atoms with Gasteiger partial charge in [0.1, 0.15) is 5.82 Å². The Kier molecular flexibility index (Phi) is 5.66. The molecule has 1 fully saturated rings.